The van der Waals surface area contributed by atoms with Crippen LogP contribution in [0, 0.1) is 0 Å². The molecule has 21 heavy (non-hydrogen) atoms. The maximum Gasteiger partial charge on any atom is 0.263 e. The number of carbonyl (C=O) groups excluding carboxylic acids is 1. The molecule has 1 heterocycles. The standard InChI is InChI=1S/C14H14BrNO3S2/c1-3-4-19-12-9(15)5-8(6-10(12)18-2)7-11-13(17)16-14(20)21-11/h5-7H,3-4H2,1-2H3,(H,16,17,20). The quantitative estimate of drug-likeness (QED) is 0.615. The molecule has 112 valence electrons. The summed E-state index contributed by atoms with van der Waals surface area (Å²) in [6.45, 7) is 2.65. The zero-order chi connectivity index (χ0) is 15.4. The van der Waals surface area contributed by atoms with Gasteiger partial charge in [0.1, 0.15) is 4.32 Å². The zero-order valence-corrected chi connectivity index (χ0v) is 14.8. The molecule has 1 aliphatic heterocycles. The largest absolute Gasteiger partial charge is 0.493 e. The number of nitrogens with one attached hydrogen (secondary N) is 1. The fourth-order valence-corrected chi connectivity index (χ4v) is 3.36. The minimum atomic E-state index is -0.175. The molecule has 7 heteroatoms. The van der Waals surface area contributed by atoms with Crippen molar-refractivity contribution in [2.45, 2.75) is 13.3 Å². The third-order valence-corrected chi connectivity index (χ3v) is 4.39. The lowest BCUT2D eigenvalue weighted by atomic mass is 10.2. The lowest BCUT2D eigenvalue weighted by molar-refractivity contribution is -0.115. The van der Waals surface area contributed by atoms with Crippen LogP contribution in [0.25, 0.3) is 6.08 Å². The number of benzene rings is 1. The van der Waals surface area contributed by atoms with Gasteiger partial charge in [0.2, 0.25) is 0 Å². The Morgan fingerprint density at radius 1 is 1.48 bits per heavy atom. The molecular weight excluding hydrogens is 374 g/mol. The molecule has 1 aromatic rings. The molecule has 4 nitrogen and oxygen atoms in total. The molecule has 0 atom stereocenters. The Bertz CT molecular complexity index is 616. The van der Waals surface area contributed by atoms with Crippen molar-refractivity contribution >= 4 is 56.2 Å². The van der Waals surface area contributed by atoms with Crippen LogP contribution >= 0.6 is 39.9 Å². The molecular formula is C14H14BrNO3S2. The Morgan fingerprint density at radius 2 is 2.24 bits per heavy atom. The molecule has 1 amide bonds. The lowest BCUT2D eigenvalue weighted by Gasteiger charge is -2.13. The van der Waals surface area contributed by atoms with Crippen LogP contribution in [0.3, 0.4) is 0 Å². The van der Waals surface area contributed by atoms with Crippen LogP contribution in [0.5, 0.6) is 11.5 Å². The number of halogens is 1. The molecule has 0 radical (unpaired) electrons. The molecule has 1 N–H and O–H groups in total. The van der Waals surface area contributed by atoms with Crippen LogP contribution in [0.4, 0.5) is 0 Å². The SMILES string of the molecule is CCCOc1c(Br)cc(C=C2SC(=S)NC2=O)cc1OC. The second kappa shape index (κ2) is 7.29. The topological polar surface area (TPSA) is 47.6 Å². The van der Waals surface area contributed by atoms with Gasteiger partial charge in [-0.15, -0.1) is 0 Å². The molecule has 0 spiro atoms. The van der Waals surface area contributed by atoms with Crippen molar-refractivity contribution in [1.29, 1.82) is 0 Å². The lowest BCUT2D eigenvalue weighted by Crippen LogP contribution is -2.17. The van der Waals surface area contributed by atoms with Gasteiger partial charge in [0.25, 0.3) is 5.91 Å². The highest BCUT2D eigenvalue weighted by molar-refractivity contribution is 9.10. The van der Waals surface area contributed by atoms with Crippen molar-refractivity contribution in [2.24, 2.45) is 0 Å². The highest BCUT2D eigenvalue weighted by Gasteiger charge is 2.22. The summed E-state index contributed by atoms with van der Waals surface area (Å²) < 4.78 is 12.3. The first kappa shape index (κ1) is 16.3. The number of methoxy groups -OCH3 is 1. The van der Waals surface area contributed by atoms with Crippen LogP contribution in [-0.4, -0.2) is 23.9 Å². The van der Waals surface area contributed by atoms with E-state index in [0.717, 1.165) is 16.5 Å². The van der Waals surface area contributed by atoms with Crippen LogP contribution < -0.4 is 14.8 Å². The van der Waals surface area contributed by atoms with Crippen molar-refractivity contribution < 1.29 is 14.3 Å². The van der Waals surface area contributed by atoms with Gasteiger partial charge in [-0.2, -0.15) is 0 Å². The second-order valence-corrected chi connectivity index (χ2v) is 6.81. The molecule has 0 bridgehead atoms. The molecule has 1 saturated heterocycles. The summed E-state index contributed by atoms with van der Waals surface area (Å²) in [5, 5.41) is 2.59. The van der Waals surface area contributed by atoms with Crippen molar-refractivity contribution in [1.82, 2.24) is 5.32 Å². The average molecular weight is 388 g/mol. The van der Waals surface area contributed by atoms with Gasteiger partial charge in [0.15, 0.2) is 11.5 Å². The van der Waals surface area contributed by atoms with Gasteiger partial charge >= 0.3 is 0 Å². The number of thioether (sulfide) groups is 1. The van der Waals surface area contributed by atoms with E-state index in [4.69, 9.17) is 21.7 Å². The predicted octanol–water partition coefficient (Wildman–Crippen LogP) is 3.74. The summed E-state index contributed by atoms with van der Waals surface area (Å²) >= 11 is 9.70. The molecule has 1 aliphatic rings. The van der Waals surface area contributed by atoms with E-state index in [1.807, 2.05) is 19.1 Å². The van der Waals surface area contributed by atoms with E-state index in [-0.39, 0.29) is 5.91 Å². The molecule has 0 unspecified atom stereocenters. The molecule has 1 fully saturated rings. The monoisotopic (exact) mass is 387 g/mol. The van der Waals surface area contributed by atoms with Gasteiger partial charge in [0, 0.05) is 0 Å². The second-order valence-electron chi connectivity index (χ2n) is 4.23. The maximum absolute atomic E-state index is 11.7. The van der Waals surface area contributed by atoms with Crippen molar-refractivity contribution in [2.75, 3.05) is 13.7 Å². The minimum absolute atomic E-state index is 0.175. The number of ether oxygens (including phenoxy) is 2. The molecule has 0 aliphatic carbocycles. The van der Waals surface area contributed by atoms with Gasteiger partial charge in [0.05, 0.1) is 23.1 Å². The highest BCUT2D eigenvalue weighted by atomic mass is 79.9. The Balaban J connectivity index is 2.34. The highest BCUT2D eigenvalue weighted by Crippen LogP contribution is 2.38. The number of carbonyl (C=O) groups is 1. The number of hydrogen-bond acceptors (Lipinski definition) is 5. The van der Waals surface area contributed by atoms with Gasteiger partial charge < -0.3 is 14.8 Å². The third kappa shape index (κ3) is 3.99. The Morgan fingerprint density at radius 3 is 2.81 bits per heavy atom. The normalized spacial score (nSPS) is 16.2. The van der Waals surface area contributed by atoms with E-state index in [1.54, 1.807) is 13.2 Å². The Kier molecular flexibility index (Phi) is 5.66. The number of hydrogen-bond donors (Lipinski definition) is 1. The van der Waals surface area contributed by atoms with Gasteiger partial charge in [-0.1, -0.05) is 30.9 Å². The number of rotatable bonds is 5. The maximum atomic E-state index is 11.7. The first-order valence-electron chi connectivity index (χ1n) is 6.30. The molecule has 1 aromatic carbocycles. The number of amides is 1. The summed E-state index contributed by atoms with van der Waals surface area (Å²) in [7, 11) is 1.59. The number of thiocarbonyl (C=S) groups is 1. The summed E-state index contributed by atoms with van der Waals surface area (Å²) in [4.78, 5) is 12.2. The van der Waals surface area contributed by atoms with E-state index in [9.17, 15) is 4.79 Å². The van der Waals surface area contributed by atoms with Gasteiger partial charge in [-0.05, 0) is 46.1 Å². The average Bonchev–Trinajstić information content (AvgIpc) is 2.75. The fourth-order valence-electron chi connectivity index (χ4n) is 1.74. The minimum Gasteiger partial charge on any atom is -0.493 e. The van der Waals surface area contributed by atoms with E-state index < -0.39 is 0 Å². The Hall–Kier alpha value is -1.05. The first-order chi connectivity index (χ1) is 10.0. The first-order valence-corrected chi connectivity index (χ1v) is 8.32. The zero-order valence-electron chi connectivity index (χ0n) is 11.6. The van der Waals surface area contributed by atoms with Crippen LogP contribution in [0.1, 0.15) is 18.9 Å². The molecule has 0 aromatic heterocycles. The van der Waals surface area contributed by atoms with E-state index in [0.29, 0.717) is 27.3 Å². The van der Waals surface area contributed by atoms with Crippen LogP contribution in [0.2, 0.25) is 0 Å². The summed E-state index contributed by atoms with van der Waals surface area (Å²) in [6, 6.07) is 3.72. The van der Waals surface area contributed by atoms with Gasteiger partial charge in [-0.25, -0.2) is 0 Å². The summed E-state index contributed by atoms with van der Waals surface area (Å²) in [5.74, 6) is 1.11. The van der Waals surface area contributed by atoms with E-state index >= 15 is 0 Å². The Labute approximate surface area is 141 Å². The van der Waals surface area contributed by atoms with E-state index in [2.05, 4.69) is 21.2 Å². The smallest absolute Gasteiger partial charge is 0.263 e. The van der Waals surface area contributed by atoms with Crippen LogP contribution in [-0.2, 0) is 4.79 Å². The summed E-state index contributed by atoms with van der Waals surface area (Å²) in [6.07, 6.45) is 2.69. The van der Waals surface area contributed by atoms with E-state index in [1.165, 1.54) is 11.8 Å². The summed E-state index contributed by atoms with van der Waals surface area (Å²) in [5.41, 5.74) is 0.838. The van der Waals surface area contributed by atoms with Crippen molar-refractivity contribution in [3.05, 3.63) is 27.1 Å². The fraction of sp³-hybridized carbons (Fsp3) is 0.286. The third-order valence-electron chi connectivity index (χ3n) is 2.64. The van der Waals surface area contributed by atoms with Gasteiger partial charge in [-0.3, -0.25) is 4.79 Å². The van der Waals surface area contributed by atoms with Crippen molar-refractivity contribution in [3.8, 4) is 11.5 Å². The van der Waals surface area contributed by atoms with Crippen LogP contribution in [0.15, 0.2) is 21.5 Å². The van der Waals surface area contributed by atoms with Crippen molar-refractivity contribution in [3.63, 3.8) is 0 Å². The molecule has 0 saturated carbocycles. The predicted molar refractivity (Wildman–Crippen MR) is 92.8 cm³/mol. The molecule has 2 rings (SSSR count).